The fourth-order valence-electron chi connectivity index (χ4n) is 4.29. The molecule has 0 saturated carbocycles. The summed E-state index contributed by atoms with van der Waals surface area (Å²) in [6, 6.07) is 0. The highest BCUT2D eigenvalue weighted by molar-refractivity contribution is 5.67. The number of aldehydes is 1. The Hall–Kier alpha value is -1.59. The Morgan fingerprint density at radius 2 is 1.84 bits per heavy atom. The van der Waals surface area contributed by atoms with Crippen molar-refractivity contribution in [2.45, 2.75) is 74.7 Å². The molecule has 1 aliphatic carbocycles. The summed E-state index contributed by atoms with van der Waals surface area (Å²) in [5.41, 5.74) is 10.2. The first-order chi connectivity index (χ1) is 11.6. The monoisotopic (exact) mass is 340 g/mol. The minimum absolute atomic E-state index is 0.296. The van der Waals surface area contributed by atoms with Crippen LogP contribution in [0, 0.1) is 17.3 Å². The summed E-state index contributed by atoms with van der Waals surface area (Å²) in [5.74, 6) is 0.794. The fraction of sp³-hybridized carbons (Fsp3) is 0.583. The van der Waals surface area contributed by atoms with Crippen LogP contribution in [0.25, 0.3) is 0 Å². The Kier molecular flexibility index (Phi) is 7.90. The van der Waals surface area contributed by atoms with Gasteiger partial charge in [0.2, 0.25) is 0 Å². The number of carbonyl (C=O) groups is 1. The van der Waals surface area contributed by atoms with Crippen molar-refractivity contribution >= 4 is 6.29 Å². The lowest BCUT2D eigenvalue weighted by atomic mass is 9.68. The summed E-state index contributed by atoms with van der Waals surface area (Å²) in [4.78, 5) is 10.7. The third-order valence-corrected chi connectivity index (χ3v) is 5.29. The smallest absolute Gasteiger partial charge is 0.143 e. The number of carbonyl (C=O) groups excluding carboxylic acids is 1. The summed E-state index contributed by atoms with van der Waals surface area (Å²) < 4.78 is 0. The van der Waals surface area contributed by atoms with Crippen molar-refractivity contribution in [3.05, 3.63) is 51.8 Å². The van der Waals surface area contributed by atoms with Crippen molar-refractivity contribution in [1.29, 1.82) is 0 Å². The molecule has 0 bridgehead atoms. The summed E-state index contributed by atoms with van der Waals surface area (Å²) in [6.45, 7) is 17.8. The Labute approximate surface area is 155 Å². The average molecular weight is 341 g/mol. The molecule has 1 rings (SSSR count). The van der Waals surface area contributed by atoms with Gasteiger partial charge < -0.3 is 0 Å². The molecular formula is C24H36O. The van der Waals surface area contributed by atoms with Crippen LogP contribution in [0.5, 0.6) is 0 Å². The van der Waals surface area contributed by atoms with Crippen molar-refractivity contribution in [1.82, 2.24) is 0 Å². The van der Waals surface area contributed by atoms with Crippen molar-refractivity contribution in [3.8, 4) is 0 Å². The molecule has 0 aromatic heterocycles. The van der Waals surface area contributed by atoms with Gasteiger partial charge in [0, 0.05) is 0 Å². The molecule has 25 heavy (non-hydrogen) atoms. The zero-order valence-electron chi connectivity index (χ0n) is 17.5. The van der Waals surface area contributed by atoms with E-state index in [9.17, 15) is 4.79 Å². The van der Waals surface area contributed by atoms with E-state index in [1.54, 1.807) is 17.2 Å². The predicted octanol–water partition coefficient (Wildman–Crippen LogP) is 6.98. The predicted molar refractivity (Wildman–Crippen MR) is 110 cm³/mol. The van der Waals surface area contributed by atoms with E-state index >= 15 is 0 Å². The number of rotatable bonds is 6. The molecule has 0 radical (unpaired) electrons. The van der Waals surface area contributed by atoms with Gasteiger partial charge in [-0.15, -0.1) is 5.73 Å². The van der Waals surface area contributed by atoms with Crippen LogP contribution in [0.2, 0.25) is 0 Å². The molecule has 1 unspecified atom stereocenters. The zero-order chi connectivity index (χ0) is 19.2. The quantitative estimate of drug-likeness (QED) is 0.168. The van der Waals surface area contributed by atoms with E-state index in [1.807, 2.05) is 6.92 Å². The van der Waals surface area contributed by atoms with Gasteiger partial charge in [0.1, 0.15) is 6.29 Å². The maximum atomic E-state index is 10.7. The molecule has 0 aromatic carbocycles. The van der Waals surface area contributed by atoms with Gasteiger partial charge >= 0.3 is 0 Å². The maximum absolute atomic E-state index is 10.7. The molecule has 1 aliphatic rings. The van der Waals surface area contributed by atoms with Crippen LogP contribution in [0.3, 0.4) is 0 Å². The van der Waals surface area contributed by atoms with E-state index in [0.717, 1.165) is 17.4 Å². The third-order valence-electron chi connectivity index (χ3n) is 5.29. The second kappa shape index (κ2) is 9.20. The van der Waals surface area contributed by atoms with Gasteiger partial charge in [0.05, 0.1) is 0 Å². The van der Waals surface area contributed by atoms with Crippen molar-refractivity contribution in [3.63, 3.8) is 0 Å². The fourth-order valence-corrected chi connectivity index (χ4v) is 4.29. The molecule has 0 saturated heterocycles. The van der Waals surface area contributed by atoms with Gasteiger partial charge in [-0.05, 0) is 86.2 Å². The molecule has 0 amide bonds. The zero-order valence-corrected chi connectivity index (χ0v) is 17.5. The summed E-state index contributed by atoms with van der Waals surface area (Å²) in [7, 11) is 0. The van der Waals surface area contributed by atoms with E-state index < -0.39 is 0 Å². The molecule has 0 spiro atoms. The van der Waals surface area contributed by atoms with Crippen LogP contribution in [0.1, 0.15) is 74.7 Å². The SMILES string of the molecule is CC1=C(C(C)/C=C(\C)C=C=C(/C(C)=C/C=O)C(C)C)C(C)(C)CCC1. The van der Waals surface area contributed by atoms with Crippen molar-refractivity contribution < 1.29 is 4.79 Å². The molecule has 0 heterocycles. The number of hydrogen-bond acceptors (Lipinski definition) is 1. The Morgan fingerprint density at radius 3 is 2.36 bits per heavy atom. The van der Waals surface area contributed by atoms with Gasteiger partial charge in [-0.2, -0.15) is 0 Å². The number of allylic oxidation sites excluding steroid dienone is 7. The van der Waals surface area contributed by atoms with E-state index in [1.165, 1.54) is 24.8 Å². The first-order valence-electron chi connectivity index (χ1n) is 9.57. The van der Waals surface area contributed by atoms with Gasteiger partial charge in [0.25, 0.3) is 0 Å². The Bertz CT molecular complexity index is 644. The lowest BCUT2D eigenvalue weighted by Gasteiger charge is -2.37. The first kappa shape index (κ1) is 21.5. The molecule has 1 nitrogen and oxygen atoms in total. The minimum Gasteiger partial charge on any atom is -0.299 e. The first-order valence-corrected chi connectivity index (χ1v) is 9.57. The standard InChI is InChI=1S/C24H36O/c1-17(2)22(19(4)13-15-25)12-11-18(3)16-21(6)23-20(5)10-9-14-24(23,7)8/h11,13,15-17,21H,9-10,14H2,1-8H3/b18-16+,19-13+. The second-order valence-electron chi connectivity index (χ2n) is 8.47. The van der Waals surface area contributed by atoms with Gasteiger partial charge in [0.15, 0.2) is 0 Å². The lowest BCUT2D eigenvalue weighted by molar-refractivity contribution is -0.104. The van der Waals surface area contributed by atoms with Crippen LogP contribution in [0.15, 0.2) is 51.8 Å². The third kappa shape index (κ3) is 6.01. The highest BCUT2D eigenvalue weighted by atomic mass is 16.1. The van der Waals surface area contributed by atoms with Crippen LogP contribution in [0.4, 0.5) is 0 Å². The minimum atomic E-state index is 0.296. The Morgan fingerprint density at radius 1 is 1.20 bits per heavy atom. The summed E-state index contributed by atoms with van der Waals surface area (Å²) >= 11 is 0. The maximum Gasteiger partial charge on any atom is 0.143 e. The van der Waals surface area contributed by atoms with Crippen molar-refractivity contribution in [2.75, 3.05) is 0 Å². The van der Waals surface area contributed by atoms with Crippen molar-refractivity contribution in [2.24, 2.45) is 17.3 Å². The molecular weight excluding hydrogens is 304 g/mol. The lowest BCUT2D eigenvalue weighted by Crippen LogP contribution is -2.24. The normalized spacial score (nSPS) is 19.6. The van der Waals surface area contributed by atoms with E-state index in [0.29, 0.717) is 17.3 Å². The molecule has 0 N–H and O–H groups in total. The summed E-state index contributed by atoms with van der Waals surface area (Å²) in [5, 5.41) is 0. The van der Waals surface area contributed by atoms with Gasteiger partial charge in [-0.3, -0.25) is 4.79 Å². The van der Waals surface area contributed by atoms with Gasteiger partial charge in [-0.1, -0.05) is 51.8 Å². The van der Waals surface area contributed by atoms with E-state index in [4.69, 9.17) is 0 Å². The summed E-state index contributed by atoms with van der Waals surface area (Å²) in [6.07, 6.45) is 10.7. The molecule has 0 aliphatic heterocycles. The average Bonchev–Trinajstić information content (AvgIpc) is 2.45. The van der Waals surface area contributed by atoms with Gasteiger partial charge in [-0.25, -0.2) is 0 Å². The van der Waals surface area contributed by atoms with Crippen LogP contribution < -0.4 is 0 Å². The molecule has 1 atom stereocenters. The molecule has 0 aromatic rings. The van der Waals surface area contributed by atoms with E-state index in [2.05, 4.69) is 66.3 Å². The highest BCUT2D eigenvalue weighted by Crippen LogP contribution is 2.44. The second-order valence-corrected chi connectivity index (χ2v) is 8.47. The number of hydrogen-bond donors (Lipinski definition) is 0. The molecule has 0 fully saturated rings. The molecule has 1 heteroatoms. The van der Waals surface area contributed by atoms with E-state index in [-0.39, 0.29) is 0 Å². The topological polar surface area (TPSA) is 17.1 Å². The molecule has 138 valence electrons. The van der Waals surface area contributed by atoms with Crippen LogP contribution in [-0.4, -0.2) is 6.29 Å². The van der Waals surface area contributed by atoms with Crippen LogP contribution in [-0.2, 0) is 4.79 Å². The highest BCUT2D eigenvalue weighted by Gasteiger charge is 2.30. The Balaban J connectivity index is 3.17. The van der Waals surface area contributed by atoms with Crippen LogP contribution >= 0.6 is 0 Å². The largest absolute Gasteiger partial charge is 0.299 e.